The first-order chi connectivity index (χ1) is 8.95. The largest absolute Gasteiger partial charge is 0.357 e. The number of rotatable bonds is 7. The smallest absolute Gasteiger partial charge is 0.329 e. The van der Waals surface area contributed by atoms with Gasteiger partial charge in [-0.3, -0.25) is 10.1 Å². The van der Waals surface area contributed by atoms with Gasteiger partial charge in [-0.2, -0.15) is 4.98 Å². The Morgan fingerprint density at radius 2 is 2.05 bits per heavy atom. The van der Waals surface area contributed by atoms with Crippen molar-refractivity contribution in [1.82, 2.24) is 14.9 Å². The summed E-state index contributed by atoms with van der Waals surface area (Å²) in [6.07, 6.45) is 2.14. The van der Waals surface area contributed by atoms with E-state index < -0.39 is 4.92 Å². The maximum absolute atomic E-state index is 11.0. The molecule has 0 aliphatic carbocycles. The van der Waals surface area contributed by atoms with Gasteiger partial charge in [-0.1, -0.05) is 0 Å². The van der Waals surface area contributed by atoms with Gasteiger partial charge in [-0.15, -0.1) is 0 Å². The van der Waals surface area contributed by atoms with Crippen LogP contribution < -0.4 is 10.2 Å². The number of hydrogen-bond donors (Lipinski definition) is 1. The second-order valence-corrected chi connectivity index (χ2v) is 4.49. The average molecular weight is 268 g/mol. The first-order valence-corrected chi connectivity index (χ1v) is 6.00. The van der Waals surface area contributed by atoms with E-state index in [0.717, 1.165) is 13.0 Å². The minimum Gasteiger partial charge on any atom is -0.357 e. The SMILES string of the molecule is CNc1ncc([N+](=O)[O-])c(N(C)CCCN(C)C)n1. The number of nitrogens with zero attached hydrogens (tertiary/aromatic N) is 5. The zero-order valence-corrected chi connectivity index (χ0v) is 11.8. The van der Waals surface area contributed by atoms with Crippen LogP contribution in [-0.2, 0) is 0 Å². The first kappa shape index (κ1) is 15.1. The van der Waals surface area contributed by atoms with Crippen molar-refractivity contribution in [3.05, 3.63) is 16.3 Å². The lowest BCUT2D eigenvalue weighted by molar-refractivity contribution is -0.384. The highest BCUT2D eigenvalue weighted by Crippen LogP contribution is 2.25. The molecule has 1 rings (SSSR count). The van der Waals surface area contributed by atoms with Gasteiger partial charge in [-0.05, 0) is 27.1 Å². The molecule has 106 valence electrons. The van der Waals surface area contributed by atoms with Crippen LogP contribution >= 0.6 is 0 Å². The monoisotopic (exact) mass is 268 g/mol. The molecule has 0 radical (unpaired) electrons. The van der Waals surface area contributed by atoms with Gasteiger partial charge in [-0.25, -0.2) is 4.98 Å². The third-order valence-corrected chi connectivity index (χ3v) is 2.63. The summed E-state index contributed by atoms with van der Waals surface area (Å²) < 4.78 is 0. The van der Waals surface area contributed by atoms with Crippen molar-refractivity contribution in [3.63, 3.8) is 0 Å². The normalized spacial score (nSPS) is 10.6. The molecule has 0 saturated heterocycles. The van der Waals surface area contributed by atoms with Crippen LogP contribution in [0.4, 0.5) is 17.5 Å². The first-order valence-electron chi connectivity index (χ1n) is 6.00. The van der Waals surface area contributed by atoms with Crippen molar-refractivity contribution >= 4 is 17.5 Å². The quantitative estimate of drug-likeness (QED) is 0.578. The van der Waals surface area contributed by atoms with E-state index in [1.165, 1.54) is 6.20 Å². The van der Waals surface area contributed by atoms with E-state index in [-0.39, 0.29) is 5.69 Å². The zero-order chi connectivity index (χ0) is 14.4. The number of nitro groups is 1. The summed E-state index contributed by atoms with van der Waals surface area (Å²) in [6, 6.07) is 0. The summed E-state index contributed by atoms with van der Waals surface area (Å²) in [5.41, 5.74) is -0.0775. The van der Waals surface area contributed by atoms with Crippen LogP contribution in [0.5, 0.6) is 0 Å². The second-order valence-electron chi connectivity index (χ2n) is 4.49. The fourth-order valence-electron chi connectivity index (χ4n) is 1.63. The Morgan fingerprint density at radius 1 is 1.37 bits per heavy atom. The number of nitrogens with one attached hydrogen (secondary N) is 1. The van der Waals surface area contributed by atoms with E-state index in [0.29, 0.717) is 18.3 Å². The Bertz CT molecular complexity index is 437. The molecule has 1 aromatic rings. The Labute approximate surface area is 112 Å². The zero-order valence-electron chi connectivity index (χ0n) is 11.8. The van der Waals surface area contributed by atoms with E-state index in [9.17, 15) is 10.1 Å². The Kier molecular flexibility index (Phi) is 5.43. The van der Waals surface area contributed by atoms with E-state index in [1.54, 1.807) is 19.0 Å². The summed E-state index contributed by atoms with van der Waals surface area (Å²) in [6.45, 7) is 1.61. The Balaban J connectivity index is 2.86. The lowest BCUT2D eigenvalue weighted by Crippen LogP contribution is -2.25. The minimum atomic E-state index is -0.461. The van der Waals surface area contributed by atoms with Crippen LogP contribution in [0.3, 0.4) is 0 Å². The van der Waals surface area contributed by atoms with Gasteiger partial charge < -0.3 is 15.1 Å². The standard InChI is InChI=1S/C11H20N6O2/c1-12-11-13-8-9(17(18)19)10(14-11)16(4)7-5-6-15(2)3/h8H,5-7H2,1-4H3,(H,12,13,14). The molecule has 0 bridgehead atoms. The van der Waals surface area contributed by atoms with E-state index >= 15 is 0 Å². The minimum absolute atomic E-state index is 0.0775. The van der Waals surface area contributed by atoms with Gasteiger partial charge in [0.05, 0.1) is 4.92 Å². The summed E-state index contributed by atoms with van der Waals surface area (Å²) in [7, 11) is 7.46. The highest BCUT2D eigenvalue weighted by Gasteiger charge is 2.20. The van der Waals surface area contributed by atoms with Crippen molar-refractivity contribution in [2.24, 2.45) is 0 Å². The van der Waals surface area contributed by atoms with Crippen molar-refractivity contribution < 1.29 is 4.92 Å². The van der Waals surface area contributed by atoms with Gasteiger partial charge in [0.15, 0.2) is 0 Å². The molecule has 19 heavy (non-hydrogen) atoms. The summed E-state index contributed by atoms with van der Waals surface area (Å²) >= 11 is 0. The van der Waals surface area contributed by atoms with Crippen LogP contribution in [0, 0.1) is 10.1 Å². The van der Waals surface area contributed by atoms with Crippen LogP contribution in [0.2, 0.25) is 0 Å². The number of hydrogen-bond acceptors (Lipinski definition) is 7. The van der Waals surface area contributed by atoms with E-state index in [2.05, 4.69) is 20.2 Å². The maximum Gasteiger partial charge on any atom is 0.329 e. The molecule has 0 unspecified atom stereocenters. The predicted octanol–water partition coefficient (Wildman–Crippen LogP) is 0.814. The second kappa shape index (κ2) is 6.83. The molecule has 0 aliphatic rings. The molecule has 0 aliphatic heterocycles. The summed E-state index contributed by atoms with van der Waals surface area (Å²) in [5, 5.41) is 13.8. The average Bonchev–Trinajstić information content (AvgIpc) is 2.37. The highest BCUT2D eigenvalue weighted by atomic mass is 16.6. The third kappa shape index (κ3) is 4.32. The van der Waals surface area contributed by atoms with Crippen LogP contribution in [-0.4, -0.2) is 61.1 Å². The molecule has 8 nitrogen and oxygen atoms in total. The predicted molar refractivity (Wildman–Crippen MR) is 74.7 cm³/mol. The van der Waals surface area contributed by atoms with Crippen molar-refractivity contribution in [2.75, 3.05) is 51.5 Å². The molecule has 1 heterocycles. The van der Waals surface area contributed by atoms with Crippen molar-refractivity contribution in [1.29, 1.82) is 0 Å². The molecule has 0 amide bonds. The van der Waals surface area contributed by atoms with Gasteiger partial charge >= 0.3 is 5.69 Å². The van der Waals surface area contributed by atoms with Gasteiger partial charge in [0, 0.05) is 20.6 Å². The molecule has 1 N–H and O–H groups in total. The molecule has 0 fully saturated rings. The fourth-order valence-corrected chi connectivity index (χ4v) is 1.63. The molecule has 1 aromatic heterocycles. The summed E-state index contributed by atoms with van der Waals surface area (Å²) in [5.74, 6) is 0.711. The maximum atomic E-state index is 11.0. The van der Waals surface area contributed by atoms with Crippen LogP contribution in [0.15, 0.2) is 6.20 Å². The Morgan fingerprint density at radius 3 is 2.58 bits per heavy atom. The van der Waals surface area contributed by atoms with Crippen molar-refractivity contribution in [3.8, 4) is 0 Å². The molecule has 0 aromatic carbocycles. The molecule has 0 saturated carbocycles. The third-order valence-electron chi connectivity index (χ3n) is 2.63. The lowest BCUT2D eigenvalue weighted by Gasteiger charge is -2.19. The van der Waals surface area contributed by atoms with Gasteiger partial charge in [0.25, 0.3) is 0 Å². The molecular formula is C11H20N6O2. The van der Waals surface area contributed by atoms with Gasteiger partial charge in [0.1, 0.15) is 6.20 Å². The molecule has 0 spiro atoms. The number of anilines is 2. The molecule has 0 atom stereocenters. The molecule has 8 heteroatoms. The van der Waals surface area contributed by atoms with E-state index in [4.69, 9.17) is 0 Å². The van der Waals surface area contributed by atoms with Crippen molar-refractivity contribution in [2.45, 2.75) is 6.42 Å². The fraction of sp³-hybridized carbons (Fsp3) is 0.636. The van der Waals surface area contributed by atoms with Gasteiger partial charge in [0.2, 0.25) is 11.8 Å². The topological polar surface area (TPSA) is 87.4 Å². The highest BCUT2D eigenvalue weighted by molar-refractivity contribution is 5.58. The molecular weight excluding hydrogens is 248 g/mol. The summed E-state index contributed by atoms with van der Waals surface area (Å²) in [4.78, 5) is 22.4. The van der Waals surface area contributed by atoms with E-state index in [1.807, 2.05) is 14.1 Å². The lowest BCUT2D eigenvalue weighted by atomic mass is 10.3. The van der Waals surface area contributed by atoms with Crippen LogP contribution in [0.1, 0.15) is 6.42 Å². The van der Waals surface area contributed by atoms with Crippen LogP contribution in [0.25, 0.3) is 0 Å². The Hall–Kier alpha value is -1.96. The number of aromatic nitrogens is 2.